The molecule has 0 aliphatic rings. The molecule has 2 unspecified atom stereocenters. The summed E-state index contributed by atoms with van der Waals surface area (Å²) in [5.74, 6) is -0.305. The van der Waals surface area contributed by atoms with Crippen LogP contribution in [0.5, 0.6) is 0 Å². The van der Waals surface area contributed by atoms with E-state index in [-0.39, 0.29) is 23.7 Å². The van der Waals surface area contributed by atoms with Gasteiger partial charge < -0.3 is 11.1 Å². The summed E-state index contributed by atoms with van der Waals surface area (Å²) in [4.78, 5) is 11.9. The molecule has 0 fully saturated rings. The van der Waals surface area contributed by atoms with Crippen LogP contribution in [0.1, 0.15) is 38.8 Å². The van der Waals surface area contributed by atoms with Gasteiger partial charge in [0.1, 0.15) is 5.82 Å². The first kappa shape index (κ1) is 14.6. The lowest BCUT2D eigenvalue weighted by molar-refractivity contribution is -0.124. The quantitative estimate of drug-likeness (QED) is 0.845. The third-order valence-corrected chi connectivity index (χ3v) is 3.29. The molecular weight excluding hydrogens is 231 g/mol. The summed E-state index contributed by atoms with van der Waals surface area (Å²) >= 11 is 0. The van der Waals surface area contributed by atoms with Crippen molar-refractivity contribution >= 4 is 5.91 Å². The first-order valence-electron chi connectivity index (χ1n) is 6.27. The lowest BCUT2D eigenvalue weighted by atomic mass is 9.98. The number of hydrogen-bond donors (Lipinski definition) is 2. The highest BCUT2D eigenvalue weighted by Gasteiger charge is 2.21. The molecule has 0 aromatic heterocycles. The van der Waals surface area contributed by atoms with Crippen LogP contribution in [0.2, 0.25) is 0 Å². The summed E-state index contributed by atoms with van der Waals surface area (Å²) in [6, 6.07) is 5.41. The van der Waals surface area contributed by atoms with Crippen LogP contribution in [-0.2, 0) is 4.79 Å². The van der Waals surface area contributed by atoms with E-state index in [1.807, 2.05) is 20.8 Å². The van der Waals surface area contributed by atoms with Gasteiger partial charge in [0.25, 0.3) is 0 Å². The van der Waals surface area contributed by atoms with Crippen LogP contribution in [0.15, 0.2) is 24.3 Å². The Balaban J connectivity index is 2.61. The number of carbonyl (C=O) groups is 1. The molecule has 3 atom stereocenters. The standard InChI is InChI=1S/C14H21FN2O/c1-4-9(2)13(16)14(18)17-10(3)11-5-7-12(15)8-6-11/h5-10,13H,4,16H2,1-3H3,(H,17,18)/t9?,10-,13?/m0/s1. The Labute approximate surface area is 108 Å². The van der Waals surface area contributed by atoms with Crippen molar-refractivity contribution in [1.82, 2.24) is 5.32 Å². The van der Waals surface area contributed by atoms with Gasteiger partial charge in [-0.2, -0.15) is 0 Å². The number of hydrogen-bond acceptors (Lipinski definition) is 2. The van der Waals surface area contributed by atoms with Crippen LogP contribution in [0.3, 0.4) is 0 Å². The molecule has 0 spiro atoms. The van der Waals surface area contributed by atoms with Crippen molar-refractivity contribution in [2.75, 3.05) is 0 Å². The van der Waals surface area contributed by atoms with Crippen molar-refractivity contribution in [2.45, 2.75) is 39.3 Å². The maximum atomic E-state index is 12.8. The fourth-order valence-electron chi connectivity index (χ4n) is 1.66. The van der Waals surface area contributed by atoms with E-state index >= 15 is 0 Å². The molecule has 100 valence electrons. The Morgan fingerprint density at radius 3 is 2.39 bits per heavy atom. The van der Waals surface area contributed by atoms with Gasteiger partial charge in [-0.05, 0) is 30.5 Å². The molecule has 1 amide bonds. The van der Waals surface area contributed by atoms with E-state index < -0.39 is 6.04 Å². The van der Waals surface area contributed by atoms with Crippen molar-refractivity contribution in [2.24, 2.45) is 11.7 Å². The van der Waals surface area contributed by atoms with Crippen molar-refractivity contribution in [3.8, 4) is 0 Å². The smallest absolute Gasteiger partial charge is 0.237 e. The van der Waals surface area contributed by atoms with Crippen molar-refractivity contribution in [3.05, 3.63) is 35.6 Å². The molecular formula is C14H21FN2O. The highest BCUT2D eigenvalue weighted by atomic mass is 19.1. The summed E-state index contributed by atoms with van der Waals surface area (Å²) < 4.78 is 12.8. The predicted octanol–water partition coefficient (Wildman–Crippen LogP) is 2.38. The number of halogens is 1. The zero-order chi connectivity index (χ0) is 13.7. The van der Waals surface area contributed by atoms with Crippen LogP contribution in [0.4, 0.5) is 4.39 Å². The monoisotopic (exact) mass is 252 g/mol. The molecule has 0 aliphatic carbocycles. The lowest BCUT2D eigenvalue weighted by Crippen LogP contribution is -2.45. The van der Waals surface area contributed by atoms with Gasteiger partial charge in [0.15, 0.2) is 0 Å². The van der Waals surface area contributed by atoms with E-state index in [0.717, 1.165) is 12.0 Å². The van der Waals surface area contributed by atoms with Gasteiger partial charge >= 0.3 is 0 Å². The summed E-state index contributed by atoms with van der Waals surface area (Å²) in [5.41, 5.74) is 6.71. The Bertz CT molecular complexity index is 391. The maximum Gasteiger partial charge on any atom is 0.237 e. The minimum absolute atomic E-state index is 0.144. The number of nitrogens with one attached hydrogen (secondary N) is 1. The number of amides is 1. The third kappa shape index (κ3) is 3.81. The number of rotatable bonds is 5. The first-order chi connectivity index (χ1) is 8.45. The highest BCUT2D eigenvalue weighted by Crippen LogP contribution is 2.14. The second-order valence-corrected chi connectivity index (χ2v) is 4.69. The van der Waals surface area contributed by atoms with Crippen LogP contribution < -0.4 is 11.1 Å². The minimum atomic E-state index is -0.502. The van der Waals surface area contributed by atoms with Crippen LogP contribution in [0.25, 0.3) is 0 Å². The average Bonchev–Trinajstić information content (AvgIpc) is 2.37. The molecule has 0 saturated heterocycles. The van der Waals surface area contributed by atoms with Crippen LogP contribution in [-0.4, -0.2) is 11.9 Å². The Hall–Kier alpha value is -1.42. The Kier molecular flexibility index (Phi) is 5.28. The molecule has 0 radical (unpaired) electrons. The fourth-order valence-corrected chi connectivity index (χ4v) is 1.66. The topological polar surface area (TPSA) is 55.1 Å². The summed E-state index contributed by atoms with van der Waals surface area (Å²) in [7, 11) is 0. The van der Waals surface area contributed by atoms with Gasteiger partial charge in [0, 0.05) is 0 Å². The van der Waals surface area contributed by atoms with Crippen molar-refractivity contribution < 1.29 is 9.18 Å². The van der Waals surface area contributed by atoms with Gasteiger partial charge in [0.2, 0.25) is 5.91 Å². The summed E-state index contributed by atoms with van der Waals surface area (Å²) in [6.07, 6.45) is 0.861. The molecule has 1 aromatic rings. The largest absolute Gasteiger partial charge is 0.348 e. The molecule has 18 heavy (non-hydrogen) atoms. The summed E-state index contributed by atoms with van der Waals surface area (Å²) in [6.45, 7) is 5.81. The molecule has 1 rings (SSSR count). The minimum Gasteiger partial charge on any atom is -0.348 e. The fraction of sp³-hybridized carbons (Fsp3) is 0.500. The normalized spacial score (nSPS) is 15.8. The molecule has 0 saturated carbocycles. The SMILES string of the molecule is CCC(C)C(N)C(=O)N[C@@H](C)c1ccc(F)cc1. The summed E-state index contributed by atoms with van der Waals surface area (Å²) in [5, 5.41) is 2.84. The lowest BCUT2D eigenvalue weighted by Gasteiger charge is -2.21. The van der Waals surface area contributed by atoms with Gasteiger partial charge in [-0.15, -0.1) is 0 Å². The Morgan fingerprint density at radius 1 is 1.33 bits per heavy atom. The molecule has 3 nitrogen and oxygen atoms in total. The van der Waals surface area contributed by atoms with E-state index in [9.17, 15) is 9.18 Å². The predicted molar refractivity (Wildman–Crippen MR) is 70.4 cm³/mol. The molecule has 0 bridgehead atoms. The third-order valence-electron chi connectivity index (χ3n) is 3.29. The zero-order valence-electron chi connectivity index (χ0n) is 11.1. The average molecular weight is 252 g/mol. The van der Waals surface area contributed by atoms with Crippen LogP contribution in [0, 0.1) is 11.7 Å². The molecule has 0 aliphatic heterocycles. The van der Waals surface area contributed by atoms with E-state index in [4.69, 9.17) is 5.73 Å². The molecule has 1 aromatic carbocycles. The Morgan fingerprint density at radius 2 is 1.89 bits per heavy atom. The van der Waals surface area contributed by atoms with E-state index in [0.29, 0.717) is 0 Å². The zero-order valence-corrected chi connectivity index (χ0v) is 11.1. The highest BCUT2D eigenvalue weighted by molar-refractivity contribution is 5.82. The van der Waals surface area contributed by atoms with Crippen molar-refractivity contribution in [1.29, 1.82) is 0 Å². The van der Waals surface area contributed by atoms with Gasteiger partial charge in [-0.1, -0.05) is 32.4 Å². The second kappa shape index (κ2) is 6.50. The van der Waals surface area contributed by atoms with E-state index in [1.54, 1.807) is 12.1 Å². The first-order valence-corrected chi connectivity index (χ1v) is 6.27. The molecule has 3 N–H and O–H groups in total. The maximum absolute atomic E-state index is 12.8. The number of carbonyl (C=O) groups excluding carboxylic acids is 1. The van der Waals surface area contributed by atoms with Gasteiger partial charge in [-0.25, -0.2) is 4.39 Å². The number of benzene rings is 1. The van der Waals surface area contributed by atoms with Crippen molar-refractivity contribution in [3.63, 3.8) is 0 Å². The van der Waals surface area contributed by atoms with Gasteiger partial charge in [0.05, 0.1) is 12.1 Å². The van der Waals surface area contributed by atoms with Crippen LogP contribution >= 0.6 is 0 Å². The van der Waals surface area contributed by atoms with Gasteiger partial charge in [-0.3, -0.25) is 4.79 Å². The molecule has 4 heteroatoms. The van der Waals surface area contributed by atoms with E-state index in [2.05, 4.69) is 5.32 Å². The second-order valence-electron chi connectivity index (χ2n) is 4.69. The van der Waals surface area contributed by atoms with E-state index in [1.165, 1.54) is 12.1 Å². The number of nitrogens with two attached hydrogens (primary N) is 1. The molecule has 0 heterocycles.